The summed E-state index contributed by atoms with van der Waals surface area (Å²) in [5, 5.41) is 0. The average Bonchev–Trinajstić information content (AvgIpc) is 2.42. The highest BCUT2D eigenvalue weighted by Gasteiger charge is 2.31. The molecule has 1 aromatic heterocycles. The highest BCUT2D eigenvalue weighted by molar-refractivity contribution is 5.99. The van der Waals surface area contributed by atoms with Gasteiger partial charge in [0.25, 0.3) is 5.91 Å². The van der Waals surface area contributed by atoms with Gasteiger partial charge in [0.1, 0.15) is 0 Å². The van der Waals surface area contributed by atoms with Crippen LogP contribution >= 0.6 is 0 Å². The van der Waals surface area contributed by atoms with Crippen molar-refractivity contribution in [2.45, 2.75) is 40.3 Å². The Morgan fingerprint density at radius 3 is 2.67 bits per heavy atom. The highest BCUT2D eigenvalue weighted by Crippen LogP contribution is 2.26. The van der Waals surface area contributed by atoms with Crippen LogP contribution in [0.3, 0.4) is 0 Å². The molecule has 1 aromatic rings. The molecule has 1 aliphatic rings. The first-order valence-electron chi connectivity index (χ1n) is 5.28. The van der Waals surface area contributed by atoms with Gasteiger partial charge in [-0.05, 0) is 39.3 Å². The molecular formula is C12H16N2O. The van der Waals surface area contributed by atoms with E-state index in [9.17, 15) is 4.79 Å². The predicted molar refractivity (Wildman–Crippen MR) is 58.7 cm³/mol. The van der Waals surface area contributed by atoms with Gasteiger partial charge in [0.05, 0.1) is 11.3 Å². The van der Waals surface area contributed by atoms with Crippen LogP contribution in [-0.2, 0) is 6.54 Å². The Kier molecular flexibility index (Phi) is 2.25. The van der Waals surface area contributed by atoms with Crippen LogP contribution in [-0.4, -0.2) is 21.8 Å². The van der Waals surface area contributed by atoms with Crippen molar-refractivity contribution < 1.29 is 4.79 Å². The van der Waals surface area contributed by atoms with Crippen molar-refractivity contribution in [1.82, 2.24) is 9.88 Å². The summed E-state index contributed by atoms with van der Waals surface area (Å²) in [6.45, 7) is 8.69. The zero-order valence-electron chi connectivity index (χ0n) is 9.66. The summed E-state index contributed by atoms with van der Waals surface area (Å²) >= 11 is 0. The summed E-state index contributed by atoms with van der Waals surface area (Å²) < 4.78 is 0. The molecule has 0 radical (unpaired) electrons. The number of rotatable bonds is 1. The zero-order valence-corrected chi connectivity index (χ0v) is 9.66. The predicted octanol–water partition coefficient (Wildman–Crippen LogP) is 2.06. The number of pyridine rings is 1. The molecule has 0 aromatic carbocycles. The van der Waals surface area contributed by atoms with E-state index in [4.69, 9.17) is 0 Å². The highest BCUT2D eigenvalue weighted by atomic mass is 16.2. The lowest BCUT2D eigenvalue weighted by atomic mass is 10.1. The van der Waals surface area contributed by atoms with E-state index in [0.29, 0.717) is 0 Å². The molecule has 0 saturated carbocycles. The third kappa shape index (κ3) is 1.52. The number of nitrogens with zero attached hydrogens (tertiary/aromatic N) is 2. The fourth-order valence-electron chi connectivity index (χ4n) is 2.14. The number of hydrogen-bond donors (Lipinski definition) is 0. The second-order valence-corrected chi connectivity index (χ2v) is 4.41. The van der Waals surface area contributed by atoms with Crippen molar-refractivity contribution in [2.24, 2.45) is 0 Å². The molecule has 0 unspecified atom stereocenters. The van der Waals surface area contributed by atoms with Gasteiger partial charge in [0.15, 0.2) is 0 Å². The van der Waals surface area contributed by atoms with Crippen molar-refractivity contribution in [3.05, 3.63) is 28.6 Å². The third-order valence-electron chi connectivity index (χ3n) is 2.85. The molecule has 1 aliphatic heterocycles. The van der Waals surface area contributed by atoms with Gasteiger partial charge in [0.2, 0.25) is 0 Å². The fraction of sp³-hybridized carbons (Fsp3) is 0.500. The molecule has 80 valence electrons. The van der Waals surface area contributed by atoms with Gasteiger partial charge in [-0.1, -0.05) is 0 Å². The first-order valence-corrected chi connectivity index (χ1v) is 5.28. The number of carbonyl (C=O) groups excluding carboxylic acids is 1. The minimum absolute atomic E-state index is 0.130. The molecule has 15 heavy (non-hydrogen) atoms. The maximum Gasteiger partial charge on any atom is 0.256 e. The van der Waals surface area contributed by atoms with Crippen LogP contribution in [0.25, 0.3) is 0 Å². The molecule has 1 amide bonds. The van der Waals surface area contributed by atoms with Gasteiger partial charge in [-0.3, -0.25) is 9.78 Å². The fourth-order valence-corrected chi connectivity index (χ4v) is 2.14. The lowest BCUT2D eigenvalue weighted by Crippen LogP contribution is -2.31. The number of aromatic nitrogens is 1. The minimum atomic E-state index is 0.130. The van der Waals surface area contributed by atoms with Crippen LogP contribution in [0.4, 0.5) is 0 Å². The van der Waals surface area contributed by atoms with Gasteiger partial charge >= 0.3 is 0 Å². The molecule has 0 N–H and O–H groups in total. The molecule has 2 rings (SSSR count). The Balaban J connectivity index is 2.50. The van der Waals surface area contributed by atoms with E-state index < -0.39 is 0 Å². The molecule has 3 heteroatoms. The first-order chi connectivity index (χ1) is 7.00. The zero-order chi connectivity index (χ0) is 11.2. The Labute approximate surface area is 90.1 Å². The van der Waals surface area contributed by atoms with E-state index in [-0.39, 0.29) is 11.9 Å². The second kappa shape index (κ2) is 3.33. The van der Waals surface area contributed by atoms with Crippen molar-refractivity contribution >= 4 is 5.91 Å². The summed E-state index contributed by atoms with van der Waals surface area (Å²) in [7, 11) is 0. The molecule has 0 bridgehead atoms. The monoisotopic (exact) mass is 204 g/mol. The maximum absolute atomic E-state index is 12.1. The van der Waals surface area contributed by atoms with Gasteiger partial charge in [-0.15, -0.1) is 0 Å². The van der Waals surface area contributed by atoms with Crippen LogP contribution in [0.15, 0.2) is 6.07 Å². The lowest BCUT2D eigenvalue weighted by molar-refractivity contribution is 0.0730. The molecular weight excluding hydrogens is 188 g/mol. The van der Waals surface area contributed by atoms with Gasteiger partial charge in [-0.2, -0.15) is 0 Å². The summed E-state index contributed by atoms with van der Waals surface area (Å²) in [5.41, 5.74) is 3.79. The normalized spacial score (nSPS) is 15.0. The molecule has 0 saturated heterocycles. The average molecular weight is 204 g/mol. The van der Waals surface area contributed by atoms with Crippen molar-refractivity contribution in [1.29, 1.82) is 0 Å². The number of amides is 1. The molecule has 0 atom stereocenters. The first kappa shape index (κ1) is 10.1. The van der Waals surface area contributed by atoms with Crippen LogP contribution in [0.5, 0.6) is 0 Å². The van der Waals surface area contributed by atoms with E-state index in [2.05, 4.69) is 4.98 Å². The van der Waals surface area contributed by atoms with E-state index in [1.165, 1.54) is 0 Å². The molecule has 0 fully saturated rings. The van der Waals surface area contributed by atoms with Crippen molar-refractivity contribution in [2.75, 3.05) is 0 Å². The summed E-state index contributed by atoms with van der Waals surface area (Å²) in [4.78, 5) is 18.3. The largest absolute Gasteiger partial charge is 0.332 e. The van der Waals surface area contributed by atoms with E-state index in [0.717, 1.165) is 29.1 Å². The van der Waals surface area contributed by atoms with Gasteiger partial charge in [-0.25, -0.2) is 0 Å². The lowest BCUT2D eigenvalue weighted by Gasteiger charge is -2.19. The smallest absolute Gasteiger partial charge is 0.256 e. The molecule has 0 aliphatic carbocycles. The quantitative estimate of drug-likeness (QED) is 0.701. The summed E-state index contributed by atoms with van der Waals surface area (Å²) in [5.74, 6) is 0.130. The molecule has 0 spiro atoms. The minimum Gasteiger partial charge on any atom is -0.332 e. The van der Waals surface area contributed by atoms with Crippen LogP contribution in [0, 0.1) is 13.8 Å². The van der Waals surface area contributed by atoms with E-state index in [1.807, 2.05) is 38.7 Å². The van der Waals surface area contributed by atoms with Crippen molar-refractivity contribution in [3.63, 3.8) is 0 Å². The molecule has 3 nitrogen and oxygen atoms in total. The Bertz CT molecular complexity index is 424. The number of carbonyl (C=O) groups is 1. The number of fused-ring (bicyclic) bond motifs is 1. The molecule has 2 heterocycles. The number of aryl methyl sites for hydroxylation is 2. The van der Waals surface area contributed by atoms with Crippen LogP contribution < -0.4 is 0 Å². The topological polar surface area (TPSA) is 33.2 Å². The standard InChI is InChI=1S/C12H16N2O/c1-7(2)14-6-10-5-8(3)13-9(4)11(10)12(14)15/h5,7H,6H2,1-4H3. The van der Waals surface area contributed by atoms with E-state index >= 15 is 0 Å². The van der Waals surface area contributed by atoms with Gasteiger partial charge in [0, 0.05) is 18.3 Å². The SMILES string of the molecule is Cc1cc2c(c(C)n1)C(=O)N(C(C)C)C2. The van der Waals surface area contributed by atoms with Gasteiger partial charge < -0.3 is 4.90 Å². The Hall–Kier alpha value is -1.38. The summed E-state index contributed by atoms with van der Waals surface area (Å²) in [6.07, 6.45) is 0. The number of hydrogen-bond acceptors (Lipinski definition) is 2. The van der Waals surface area contributed by atoms with E-state index in [1.54, 1.807) is 0 Å². The van der Waals surface area contributed by atoms with Crippen LogP contribution in [0.1, 0.15) is 41.2 Å². The van der Waals surface area contributed by atoms with Crippen LogP contribution in [0.2, 0.25) is 0 Å². The third-order valence-corrected chi connectivity index (χ3v) is 2.85. The summed E-state index contributed by atoms with van der Waals surface area (Å²) in [6, 6.07) is 2.27. The Morgan fingerprint density at radius 1 is 1.40 bits per heavy atom. The Morgan fingerprint density at radius 2 is 2.07 bits per heavy atom. The maximum atomic E-state index is 12.1. The second-order valence-electron chi connectivity index (χ2n) is 4.41. The van der Waals surface area contributed by atoms with Crippen molar-refractivity contribution in [3.8, 4) is 0 Å².